The van der Waals surface area contributed by atoms with Gasteiger partial charge in [-0.2, -0.15) is 0 Å². The molecule has 1 saturated carbocycles. The fraction of sp³-hybridized carbons (Fsp3) is 0.520. The number of fused-ring (bicyclic) bond motifs is 3. The summed E-state index contributed by atoms with van der Waals surface area (Å²) in [5, 5.41) is 13.3. The Morgan fingerprint density at radius 2 is 1.94 bits per heavy atom. The van der Waals surface area contributed by atoms with Gasteiger partial charge in [-0.1, -0.05) is 19.1 Å². The molecule has 32 heavy (non-hydrogen) atoms. The number of benzene rings is 1. The number of aliphatic hydroxyl groups excluding tert-OH is 1. The van der Waals surface area contributed by atoms with Crippen LogP contribution in [0.3, 0.4) is 0 Å². The number of halogens is 1. The molecule has 3 aliphatic rings. The second-order valence-corrected chi connectivity index (χ2v) is 9.43. The van der Waals surface area contributed by atoms with Gasteiger partial charge in [0.15, 0.2) is 0 Å². The third-order valence-corrected chi connectivity index (χ3v) is 7.33. The molecule has 3 heterocycles. The molecule has 5 rings (SSSR count). The fourth-order valence-corrected chi connectivity index (χ4v) is 5.62. The largest absolute Gasteiger partial charge is 0.396 e. The summed E-state index contributed by atoms with van der Waals surface area (Å²) in [4.78, 5) is 28.7. The zero-order chi connectivity index (χ0) is 22.4. The molecular formula is C25H30FN3O3. The number of aliphatic hydroxyl groups is 1. The topological polar surface area (TPSA) is 74.6 Å². The summed E-state index contributed by atoms with van der Waals surface area (Å²) in [5.74, 6) is 0.0153. The van der Waals surface area contributed by atoms with E-state index >= 15 is 0 Å². The highest BCUT2D eigenvalue weighted by Gasteiger charge is 2.56. The average molecular weight is 440 g/mol. The lowest BCUT2D eigenvalue weighted by atomic mass is 9.88. The van der Waals surface area contributed by atoms with Crippen LogP contribution in [0.5, 0.6) is 0 Å². The molecule has 1 aromatic carbocycles. The van der Waals surface area contributed by atoms with E-state index in [1.807, 2.05) is 19.1 Å². The fourth-order valence-electron chi connectivity index (χ4n) is 5.62. The van der Waals surface area contributed by atoms with Crippen LogP contribution in [0.25, 0.3) is 11.1 Å². The Hall–Kier alpha value is -2.51. The monoisotopic (exact) mass is 439 g/mol. The van der Waals surface area contributed by atoms with E-state index in [1.165, 1.54) is 12.1 Å². The van der Waals surface area contributed by atoms with E-state index in [0.29, 0.717) is 30.1 Å². The van der Waals surface area contributed by atoms with Gasteiger partial charge in [-0.15, -0.1) is 0 Å². The van der Waals surface area contributed by atoms with Crippen LogP contribution in [-0.4, -0.2) is 46.2 Å². The van der Waals surface area contributed by atoms with Crippen LogP contribution in [0.2, 0.25) is 0 Å². The number of likely N-dealkylation sites (tertiary alicyclic amines) is 1. The number of carbonyl (C=O) groups excluding carboxylic acids is 1. The van der Waals surface area contributed by atoms with Gasteiger partial charge in [-0.25, -0.2) is 4.39 Å². The molecule has 7 heteroatoms. The molecule has 0 spiro atoms. The zero-order valence-electron chi connectivity index (χ0n) is 18.3. The number of aromatic nitrogens is 1. The van der Waals surface area contributed by atoms with Crippen molar-refractivity contribution in [2.45, 2.75) is 44.8 Å². The number of pyridine rings is 1. The number of carbonyl (C=O) groups is 1. The minimum absolute atomic E-state index is 0.00675. The Morgan fingerprint density at radius 3 is 2.59 bits per heavy atom. The van der Waals surface area contributed by atoms with E-state index in [1.54, 1.807) is 16.7 Å². The highest BCUT2D eigenvalue weighted by Crippen LogP contribution is 2.50. The molecule has 1 aliphatic carbocycles. The molecule has 2 aliphatic heterocycles. The van der Waals surface area contributed by atoms with Crippen molar-refractivity contribution < 1.29 is 14.3 Å². The van der Waals surface area contributed by atoms with Gasteiger partial charge in [0.25, 0.3) is 5.56 Å². The SMILES string of the molecule is CCCNC(=O)[C@@H]1[C@@H](CO)[C@@H]2Cn3c(ccc(-c4ccc(F)cc4)c3=O)[C@@H]2N1CC1CC1. The zero-order valence-corrected chi connectivity index (χ0v) is 18.3. The summed E-state index contributed by atoms with van der Waals surface area (Å²) >= 11 is 0. The third-order valence-electron chi connectivity index (χ3n) is 7.33. The van der Waals surface area contributed by atoms with Gasteiger partial charge in [0.05, 0.1) is 12.1 Å². The molecule has 1 saturated heterocycles. The smallest absolute Gasteiger partial charge is 0.258 e. The van der Waals surface area contributed by atoms with Crippen molar-refractivity contribution in [3.63, 3.8) is 0 Å². The first kappa shape index (κ1) is 21.3. The second-order valence-electron chi connectivity index (χ2n) is 9.43. The molecule has 0 bridgehead atoms. The Kier molecular flexibility index (Phi) is 5.63. The lowest BCUT2D eigenvalue weighted by Gasteiger charge is -2.31. The second kappa shape index (κ2) is 8.45. The van der Waals surface area contributed by atoms with Crippen LogP contribution in [0.1, 0.15) is 37.9 Å². The number of hydrogen-bond donors (Lipinski definition) is 2. The van der Waals surface area contributed by atoms with E-state index in [9.17, 15) is 19.1 Å². The van der Waals surface area contributed by atoms with E-state index in [2.05, 4.69) is 10.2 Å². The lowest BCUT2D eigenvalue weighted by Crippen LogP contribution is -2.49. The molecule has 0 radical (unpaired) electrons. The maximum absolute atomic E-state index is 13.4. The van der Waals surface area contributed by atoms with Crippen molar-refractivity contribution in [3.8, 4) is 11.1 Å². The number of amides is 1. The summed E-state index contributed by atoms with van der Waals surface area (Å²) < 4.78 is 15.1. The number of hydrogen-bond acceptors (Lipinski definition) is 4. The summed E-state index contributed by atoms with van der Waals surface area (Å²) in [7, 11) is 0. The van der Waals surface area contributed by atoms with Gasteiger partial charge in [0.1, 0.15) is 5.82 Å². The van der Waals surface area contributed by atoms with E-state index in [-0.39, 0.29) is 47.8 Å². The number of nitrogens with zero attached hydrogens (tertiary/aromatic N) is 2. The first-order chi connectivity index (χ1) is 15.5. The molecular weight excluding hydrogens is 409 g/mol. The minimum Gasteiger partial charge on any atom is -0.396 e. The molecule has 0 unspecified atom stereocenters. The number of rotatable bonds is 7. The Labute approximate surface area is 187 Å². The summed E-state index contributed by atoms with van der Waals surface area (Å²) in [5.41, 5.74) is 2.05. The molecule has 2 fully saturated rings. The van der Waals surface area contributed by atoms with Crippen LogP contribution in [-0.2, 0) is 11.3 Å². The van der Waals surface area contributed by atoms with Crippen molar-refractivity contribution in [3.05, 3.63) is 58.3 Å². The van der Waals surface area contributed by atoms with E-state index < -0.39 is 0 Å². The molecule has 1 aromatic heterocycles. The van der Waals surface area contributed by atoms with Gasteiger partial charge in [-0.05, 0) is 55.0 Å². The molecule has 170 valence electrons. The summed E-state index contributed by atoms with van der Waals surface area (Å²) in [6.07, 6.45) is 3.19. The van der Waals surface area contributed by atoms with Crippen molar-refractivity contribution in [1.29, 1.82) is 0 Å². The van der Waals surface area contributed by atoms with E-state index in [4.69, 9.17) is 0 Å². The molecule has 2 N–H and O–H groups in total. The van der Waals surface area contributed by atoms with Crippen molar-refractivity contribution in [2.75, 3.05) is 19.7 Å². The van der Waals surface area contributed by atoms with Gasteiger partial charge in [-0.3, -0.25) is 14.5 Å². The van der Waals surface area contributed by atoms with Crippen LogP contribution < -0.4 is 10.9 Å². The van der Waals surface area contributed by atoms with Crippen molar-refractivity contribution >= 4 is 5.91 Å². The van der Waals surface area contributed by atoms with Gasteiger partial charge in [0.2, 0.25) is 5.91 Å². The summed E-state index contributed by atoms with van der Waals surface area (Å²) in [6, 6.07) is 9.34. The Bertz CT molecular complexity index is 1060. The highest BCUT2D eigenvalue weighted by molar-refractivity contribution is 5.82. The highest BCUT2D eigenvalue weighted by atomic mass is 19.1. The average Bonchev–Trinajstić information content (AvgIpc) is 3.45. The van der Waals surface area contributed by atoms with E-state index in [0.717, 1.165) is 31.5 Å². The third kappa shape index (κ3) is 3.57. The van der Waals surface area contributed by atoms with Crippen LogP contribution in [0.4, 0.5) is 4.39 Å². The number of nitrogens with one attached hydrogen (secondary N) is 1. The normalized spacial score (nSPS) is 26.7. The quantitative estimate of drug-likeness (QED) is 0.696. The molecule has 4 atom stereocenters. The Balaban J connectivity index is 1.53. The van der Waals surface area contributed by atoms with Gasteiger partial charge in [0, 0.05) is 49.3 Å². The van der Waals surface area contributed by atoms with Crippen molar-refractivity contribution in [1.82, 2.24) is 14.8 Å². The summed E-state index contributed by atoms with van der Waals surface area (Å²) in [6.45, 7) is 3.86. The Morgan fingerprint density at radius 1 is 1.19 bits per heavy atom. The standard InChI is InChI=1S/C25H30FN3O3/c1-2-11-27-24(31)23-20(14-30)19-13-28-21(22(19)29(23)12-15-3-4-15)10-9-18(25(28)32)16-5-7-17(26)8-6-16/h5-10,15,19-20,22-23,30H,2-4,11-14H2,1H3,(H,27,31)/t19-,20-,22+,23-/m0/s1. The van der Waals surface area contributed by atoms with Gasteiger partial charge < -0.3 is 15.0 Å². The van der Waals surface area contributed by atoms with Crippen LogP contribution in [0.15, 0.2) is 41.2 Å². The van der Waals surface area contributed by atoms with Crippen LogP contribution >= 0.6 is 0 Å². The van der Waals surface area contributed by atoms with Gasteiger partial charge >= 0.3 is 0 Å². The minimum atomic E-state index is -0.372. The molecule has 1 amide bonds. The molecule has 6 nitrogen and oxygen atoms in total. The maximum Gasteiger partial charge on any atom is 0.258 e. The predicted molar refractivity (Wildman–Crippen MR) is 119 cm³/mol. The lowest BCUT2D eigenvalue weighted by molar-refractivity contribution is -0.127. The molecule has 2 aromatic rings. The van der Waals surface area contributed by atoms with Crippen molar-refractivity contribution in [2.24, 2.45) is 17.8 Å². The predicted octanol–water partition coefficient (Wildman–Crippen LogP) is 2.55. The maximum atomic E-state index is 13.4. The first-order valence-electron chi connectivity index (χ1n) is 11.7. The first-order valence-corrected chi connectivity index (χ1v) is 11.7. The van der Waals surface area contributed by atoms with Crippen LogP contribution in [0, 0.1) is 23.6 Å².